The minimum absolute atomic E-state index is 0.215. The van der Waals surface area contributed by atoms with Crippen LogP contribution in [0.15, 0.2) is 18.2 Å². The van der Waals surface area contributed by atoms with Gasteiger partial charge in [-0.2, -0.15) is 0 Å². The van der Waals surface area contributed by atoms with E-state index in [1.165, 1.54) is 11.1 Å². The van der Waals surface area contributed by atoms with Crippen molar-refractivity contribution in [3.8, 4) is 0 Å². The molecule has 0 aliphatic rings. The van der Waals surface area contributed by atoms with E-state index in [0.717, 1.165) is 5.56 Å². The van der Waals surface area contributed by atoms with Crippen LogP contribution in [-0.2, 0) is 16.0 Å². The molecule has 19 heavy (non-hydrogen) atoms. The third-order valence-electron chi connectivity index (χ3n) is 3.08. The van der Waals surface area contributed by atoms with Crippen LogP contribution in [0.4, 0.5) is 0 Å². The van der Waals surface area contributed by atoms with Gasteiger partial charge in [0.15, 0.2) is 0 Å². The number of hydrogen-bond acceptors (Lipinski definition) is 3. The van der Waals surface area contributed by atoms with Crippen molar-refractivity contribution in [3.63, 3.8) is 0 Å². The molecule has 0 heterocycles. The molecule has 0 spiro atoms. The summed E-state index contributed by atoms with van der Waals surface area (Å²) in [6.07, 6.45) is 0.631. The van der Waals surface area contributed by atoms with Crippen molar-refractivity contribution in [3.05, 3.63) is 34.9 Å². The number of esters is 1. The van der Waals surface area contributed by atoms with Crippen LogP contribution in [0.5, 0.6) is 0 Å². The van der Waals surface area contributed by atoms with Gasteiger partial charge < -0.3 is 10.5 Å². The molecule has 0 aromatic heterocycles. The van der Waals surface area contributed by atoms with E-state index >= 15 is 0 Å². The Hall–Kier alpha value is -1.35. The minimum Gasteiger partial charge on any atom is -0.460 e. The van der Waals surface area contributed by atoms with Gasteiger partial charge in [0.05, 0.1) is 5.92 Å². The smallest absolute Gasteiger partial charge is 0.311 e. The van der Waals surface area contributed by atoms with Gasteiger partial charge in [0.2, 0.25) is 0 Å². The van der Waals surface area contributed by atoms with E-state index in [1.54, 1.807) is 0 Å². The van der Waals surface area contributed by atoms with Gasteiger partial charge in [-0.25, -0.2) is 0 Å². The average Bonchev–Trinajstić information content (AvgIpc) is 2.28. The van der Waals surface area contributed by atoms with Gasteiger partial charge in [0.25, 0.3) is 0 Å². The van der Waals surface area contributed by atoms with Gasteiger partial charge in [0.1, 0.15) is 5.60 Å². The van der Waals surface area contributed by atoms with Gasteiger partial charge in [-0.15, -0.1) is 0 Å². The molecular formula is C16H25NO2. The largest absolute Gasteiger partial charge is 0.460 e. The summed E-state index contributed by atoms with van der Waals surface area (Å²) < 4.78 is 5.40. The Bertz CT molecular complexity index is 447. The molecule has 0 radical (unpaired) electrons. The topological polar surface area (TPSA) is 52.3 Å². The Labute approximate surface area is 116 Å². The highest BCUT2D eigenvalue weighted by atomic mass is 16.6. The maximum atomic E-state index is 12.0. The minimum atomic E-state index is -0.465. The number of rotatable bonds is 4. The van der Waals surface area contributed by atoms with E-state index in [9.17, 15) is 4.79 Å². The zero-order valence-corrected chi connectivity index (χ0v) is 12.6. The van der Waals surface area contributed by atoms with Crippen LogP contribution in [0.25, 0.3) is 0 Å². The molecule has 0 bridgehead atoms. The first-order chi connectivity index (χ1) is 8.73. The quantitative estimate of drug-likeness (QED) is 0.850. The Morgan fingerprint density at radius 1 is 1.26 bits per heavy atom. The van der Waals surface area contributed by atoms with Crippen LogP contribution in [0.2, 0.25) is 0 Å². The molecule has 3 heteroatoms. The predicted molar refractivity (Wildman–Crippen MR) is 78.0 cm³/mol. The van der Waals surface area contributed by atoms with Crippen molar-refractivity contribution in [2.45, 2.75) is 46.6 Å². The van der Waals surface area contributed by atoms with Crippen LogP contribution in [0.3, 0.4) is 0 Å². The van der Waals surface area contributed by atoms with E-state index in [-0.39, 0.29) is 11.9 Å². The first kappa shape index (κ1) is 15.7. The third-order valence-corrected chi connectivity index (χ3v) is 3.08. The summed E-state index contributed by atoms with van der Waals surface area (Å²) in [5, 5.41) is 0. The molecule has 2 N–H and O–H groups in total. The lowest BCUT2D eigenvalue weighted by Gasteiger charge is -2.23. The molecular weight excluding hydrogens is 238 g/mol. The van der Waals surface area contributed by atoms with Crippen LogP contribution in [0, 0.1) is 19.8 Å². The molecule has 1 aromatic carbocycles. The van der Waals surface area contributed by atoms with Gasteiger partial charge in [-0.3, -0.25) is 4.79 Å². The zero-order valence-electron chi connectivity index (χ0n) is 12.6. The lowest BCUT2D eigenvalue weighted by Crippen LogP contribution is -2.33. The molecule has 0 fully saturated rings. The van der Waals surface area contributed by atoms with E-state index in [1.807, 2.05) is 20.8 Å². The second-order valence-corrected chi connectivity index (χ2v) is 6.09. The Balaban J connectivity index is 2.76. The van der Waals surface area contributed by atoms with E-state index in [0.29, 0.717) is 13.0 Å². The second-order valence-electron chi connectivity index (χ2n) is 6.09. The lowest BCUT2D eigenvalue weighted by molar-refractivity contribution is -0.159. The SMILES string of the molecule is Cc1ccc(CC(CN)C(=O)OC(C)(C)C)cc1C. The molecule has 1 unspecified atom stereocenters. The fourth-order valence-electron chi connectivity index (χ4n) is 1.86. The summed E-state index contributed by atoms with van der Waals surface area (Å²) in [7, 11) is 0. The van der Waals surface area contributed by atoms with Gasteiger partial charge >= 0.3 is 5.97 Å². The molecule has 3 nitrogen and oxygen atoms in total. The molecule has 0 saturated heterocycles. The van der Waals surface area contributed by atoms with Crippen LogP contribution in [0.1, 0.15) is 37.5 Å². The van der Waals surface area contributed by atoms with Gasteiger partial charge in [-0.1, -0.05) is 18.2 Å². The van der Waals surface area contributed by atoms with E-state index < -0.39 is 5.60 Å². The molecule has 0 aliphatic carbocycles. The first-order valence-corrected chi connectivity index (χ1v) is 6.72. The van der Waals surface area contributed by atoms with Crippen LogP contribution < -0.4 is 5.73 Å². The number of nitrogens with two attached hydrogens (primary N) is 1. The predicted octanol–water partition coefficient (Wildman–Crippen LogP) is 2.76. The molecule has 106 valence electrons. The highest BCUT2D eigenvalue weighted by Crippen LogP contribution is 2.17. The zero-order chi connectivity index (χ0) is 14.6. The lowest BCUT2D eigenvalue weighted by atomic mass is 9.96. The maximum Gasteiger partial charge on any atom is 0.311 e. The van der Waals surface area contributed by atoms with Gasteiger partial charge in [-0.05, 0) is 57.7 Å². The highest BCUT2D eigenvalue weighted by Gasteiger charge is 2.24. The fourth-order valence-corrected chi connectivity index (χ4v) is 1.86. The van der Waals surface area contributed by atoms with Crippen molar-refractivity contribution >= 4 is 5.97 Å². The standard InChI is InChI=1S/C16H25NO2/c1-11-6-7-13(8-12(11)2)9-14(10-17)15(18)19-16(3,4)5/h6-8,14H,9-10,17H2,1-5H3. The van der Waals surface area contributed by atoms with Crippen molar-refractivity contribution < 1.29 is 9.53 Å². The van der Waals surface area contributed by atoms with Gasteiger partial charge in [0, 0.05) is 6.54 Å². The molecule has 1 aromatic rings. The van der Waals surface area contributed by atoms with Crippen molar-refractivity contribution in [1.29, 1.82) is 0 Å². The molecule has 1 rings (SSSR count). The Morgan fingerprint density at radius 2 is 1.89 bits per heavy atom. The van der Waals surface area contributed by atoms with Crippen LogP contribution >= 0.6 is 0 Å². The molecule has 0 saturated carbocycles. The number of carbonyl (C=O) groups is 1. The van der Waals surface area contributed by atoms with Crippen molar-refractivity contribution in [1.82, 2.24) is 0 Å². The van der Waals surface area contributed by atoms with Crippen molar-refractivity contribution in [2.75, 3.05) is 6.54 Å². The number of carbonyl (C=O) groups excluding carboxylic acids is 1. The van der Waals surface area contributed by atoms with E-state index in [2.05, 4.69) is 32.0 Å². The molecule has 0 aliphatic heterocycles. The number of hydrogen-bond donors (Lipinski definition) is 1. The first-order valence-electron chi connectivity index (χ1n) is 6.72. The monoisotopic (exact) mass is 263 g/mol. The Kier molecular flexibility index (Phi) is 5.12. The number of aryl methyl sites for hydroxylation is 2. The van der Waals surface area contributed by atoms with Crippen molar-refractivity contribution in [2.24, 2.45) is 11.7 Å². The second kappa shape index (κ2) is 6.20. The number of ether oxygens (including phenoxy) is 1. The highest BCUT2D eigenvalue weighted by molar-refractivity contribution is 5.73. The maximum absolute atomic E-state index is 12.0. The normalized spacial score (nSPS) is 13.2. The summed E-state index contributed by atoms with van der Waals surface area (Å²) in [5.41, 5.74) is 8.86. The Morgan fingerprint density at radius 3 is 2.37 bits per heavy atom. The summed E-state index contributed by atoms with van der Waals surface area (Å²) in [6, 6.07) is 6.24. The van der Waals surface area contributed by atoms with Crippen LogP contribution in [-0.4, -0.2) is 18.1 Å². The number of benzene rings is 1. The summed E-state index contributed by atoms with van der Waals surface area (Å²) in [4.78, 5) is 12.0. The molecule has 1 atom stereocenters. The summed E-state index contributed by atoms with van der Waals surface area (Å²) >= 11 is 0. The molecule has 0 amide bonds. The summed E-state index contributed by atoms with van der Waals surface area (Å²) in [6.45, 7) is 10.1. The van der Waals surface area contributed by atoms with E-state index in [4.69, 9.17) is 10.5 Å². The average molecular weight is 263 g/mol. The summed E-state index contributed by atoms with van der Waals surface area (Å²) in [5.74, 6) is -0.491. The fraction of sp³-hybridized carbons (Fsp3) is 0.562. The third kappa shape index (κ3) is 5.03.